The molecule has 140 valence electrons. The van der Waals surface area contributed by atoms with Crippen LogP contribution in [0.1, 0.15) is 0 Å². The van der Waals surface area contributed by atoms with Gasteiger partial charge in [-0.05, 0) is 53.2 Å². The number of hydrogen-bond donors (Lipinski definition) is 1. The van der Waals surface area contributed by atoms with E-state index in [4.69, 9.17) is 4.55 Å². The standard InChI is InChI=1S/C16H12N2O7S2.2Na/c19-16-9-11-7-14(27(23,24)25)4-1-10(11)8-15(16)18-17-12-2-5-13(6-3-12)26(20,21)22;;/h1-9,19H,(H,20,21,22)(H,23,24,25);;/q;2*+1/p-2. The first-order chi connectivity index (χ1) is 12.5. The molecule has 3 aromatic rings. The van der Waals surface area contributed by atoms with Crippen molar-refractivity contribution in [2.45, 2.75) is 9.79 Å². The van der Waals surface area contributed by atoms with Crippen LogP contribution in [-0.4, -0.2) is 25.9 Å². The van der Waals surface area contributed by atoms with Crippen molar-refractivity contribution in [3.8, 4) is 5.75 Å². The first-order valence-electron chi connectivity index (χ1n) is 7.24. The third-order valence-corrected chi connectivity index (χ3v) is 5.29. The first-order valence-corrected chi connectivity index (χ1v) is 10.1. The van der Waals surface area contributed by atoms with Crippen molar-refractivity contribution in [2.75, 3.05) is 0 Å². The van der Waals surface area contributed by atoms with Gasteiger partial charge in [0.2, 0.25) is 0 Å². The number of azo groups is 1. The second-order valence-corrected chi connectivity index (χ2v) is 8.25. The molecule has 0 amide bonds. The maximum absolute atomic E-state index is 12.1. The minimum Gasteiger partial charge on any atom is -0.871 e. The van der Waals surface area contributed by atoms with Crippen LogP contribution in [0.5, 0.6) is 5.75 Å². The van der Waals surface area contributed by atoms with Gasteiger partial charge in [-0.2, -0.15) is 18.6 Å². The molecule has 0 heterocycles. The van der Waals surface area contributed by atoms with Crippen LogP contribution in [0.2, 0.25) is 0 Å². The summed E-state index contributed by atoms with van der Waals surface area (Å²) in [6.07, 6.45) is 0. The Morgan fingerprint density at radius 1 is 0.759 bits per heavy atom. The summed E-state index contributed by atoms with van der Waals surface area (Å²) in [6, 6.07) is 11.0. The summed E-state index contributed by atoms with van der Waals surface area (Å²) in [5.41, 5.74) is 0.200. The van der Waals surface area contributed by atoms with Crippen molar-refractivity contribution in [1.29, 1.82) is 0 Å². The van der Waals surface area contributed by atoms with Gasteiger partial charge in [0, 0.05) is 0 Å². The predicted molar refractivity (Wildman–Crippen MR) is 91.8 cm³/mol. The normalized spacial score (nSPS) is 11.8. The summed E-state index contributed by atoms with van der Waals surface area (Å²) < 4.78 is 64.0. The number of nitrogens with zero attached hydrogens (tertiary/aromatic N) is 2. The smallest absolute Gasteiger partial charge is 0.871 e. The molecule has 0 unspecified atom stereocenters. The van der Waals surface area contributed by atoms with Gasteiger partial charge in [-0.1, -0.05) is 17.9 Å². The molecule has 13 heteroatoms. The van der Waals surface area contributed by atoms with Gasteiger partial charge in [0.1, 0.15) is 10.1 Å². The third kappa shape index (κ3) is 6.56. The van der Waals surface area contributed by atoms with Gasteiger partial charge in [0.05, 0.1) is 21.2 Å². The molecule has 3 rings (SSSR count). The number of fused-ring (bicyclic) bond motifs is 1. The zero-order valence-corrected chi connectivity index (χ0v) is 20.9. The summed E-state index contributed by atoms with van der Waals surface area (Å²) >= 11 is 0. The molecule has 0 saturated heterocycles. The van der Waals surface area contributed by atoms with Gasteiger partial charge in [0.25, 0.3) is 10.1 Å². The van der Waals surface area contributed by atoms with Crippen LogP contribution >= 0.6 is 0 Å². The molecule has 9 nitrogen and oxygen atoms in total. The van der Waals surface area contributed by atoms with Crippen LogP contribution in [0.3, 0.4) is 0 Å². The number of benzene rings is 3. The monoisotopic (exact) mass is 452 g/mol. The molecule has 0 fully saturated rings. The molecule has 0 bridgehead atoms. The fourth-order valence-corrected chi connectivity index (χ4v) is 3.26. The van der Waals surface area contributed by atoms with E-state index >= 15 is 0 Å². The summed E-state index contributed by atoms with van der Waals surface area (Å²) in [5, 5.41) is 20.5. The fourth-order valence-electron chi connectivity index (χ4n) is 2.27. The molecule has 0 atom stereocenters. The minimum absolute atomic E-state index is 0. The fraction of sp³-hybridized carbons (Fsp3) is 0. The summed E-state index contributed by atoms with van der Waals surface area (Å²) in [4.78, 5) is -0.747. The van der Waals surface area contributed by atoms with E-state index in [2.05, 4.69) is 10.2 Å². The Labute approximate surface area is 210 Å². The molecular formula is C16H10N2Na2O7S2. The molecular weight excluding hydrogens is 442 g/mol. The Morgan fingerprint density at radius 2 is 1.34 bits per heavy atom. The molecule has 0 aliphatic carbocycles. The Balaban J connectivity index is 0.00000210. The minimum atomic E-state index is -4.56. The topological polar surface area (TPSA) is 159 Å². The zero-order valence-electron chi connectivity index (χ0n) is 15.3. The molecule has 0 spiro atoms. The van der Waals surface area contributed by atoms with E-state index in [1.54, 1.807) is 0 Å². The number of rotatable bonds is 4. The van der Waals surface area contributed by atoms with Gasteiger partial charge < -0.3 is 9.66 Å². The van der Waals surface area contributed by atoms with Crippen molar-refractivity contribution in [1.82, 2.24) is 0 Å². The van der Waals surface area contributed by atoms with Crippen molar-refractivity contribution >= 4 is 42.4 Å². The third-order valence-electron chi connectivity index (χ3n) is 3.59. The second-order valence-electron chi connectivity index (χ2n) is 5.45. The Hall–Kier alpha value is -0.860. The Kier molecular flexibility index (Phi) is 8.99. The molecule has 1 N–H and O–H groups in total. The van der Waals surface area contributed by atoms with Crippen molar-refractivity contribution in [2.24, 2.45) is 10.2 Å². The first kappa shape index (κ1) is 26.2. The molecule has 3 aromatic carbocycles. The molecule has 0 aliphatic rings. The van der Waals surface area contributed by atoms with Gasteiger partial charge in [0.15, 0.2) is 0 Å². The predicted octanol–water partition coefficient (Wildman–Crippen LogP) is -3.51. The van der Waals surface area contributed by atoms with Crippen LogP contribution in [-0.2, 0) is 20.2 Å². The van der Waals surface area contributed by atoms with Crippen LogP contribution < -0.4 is 64.2 Å². The van der Waals surface area contributed by atoms with Crippen LogP contribution in [0.25, 0.3) is 10.8 Å². The van der Waals surface area contributed by atoms with Crippen molar-refractivity contribution < 1.29 is 90.2 Å². The van der Waals surface area contributed by atoms with E-state index in [1.807, 2.05) is 0 Å². The summed E-state index contributed by atoms with van der Waals surface area (Å²) in [7, 11) is -8.95. The van der Waals surface area contributed by atoms with Crippen LogP contribution in [0.15, 0.2) is 74.6 Å². The quantitative estimate of drug-likeness (QED) is 0.244. The molecule has 0 radical (unpaired) electrons. The van der Waals surface area contributed by atoms with Crippen LogP contribution in [0.4, 0.5) is 11.4 Å². The average Bonchev–Trinajstić information content (AvgIpc) is 2.58. The van der Waals surface area contributed by atoms with E-state index in [0.29, 0.717) is 10.8 Å². The van der Waals surface area contributed by atoms with Gasteiger partial charge in [-0.15, -0.1) is 0 Å². The summed E-state index contributed by atoms with van der Waals surface area (Å²) in [5.74, 6) is -0.530. The van der Waals surface area contributed by atoms with Gasteiger partial charge in [-0.25, -0.2) is 8.42 Å². The van der Waals surface area contributed by atoms with Gasteiger partial charge in [-0.3, -0.25) is 4.55 Å². The average molecular weight is 452 g/mol. The van der Waals surface area contributed by atoms with Crippen molar-refractivity contribution in [3.63, 3.8) is 0 Å². The van der Waals surface area contributed by atoms with E-state index in [-0.39, 0.29) is 75.4 Å². The molecule has 29 heavy (non-hydrogen) atoms. The Morgan fingerprint density at radius 3 is 1.90 bits per heavy atom. The number of hydrogen-bond acceptors (Lipinski definition) is 8. The van der Waals surface area contributed by atoms with E-state index < -0.39 is 30.9 Å². The van der Waals surface area contributed by atoms with Crippen molar-refractivity contribution in [3.05, 3.63) is 54.6 Å². The maximum atomic E-state index is 12.1. The van der Waals surface area contributed by atoms with E-state index in [0.717, 1.165) is 24.3 Å². The maximum Gasteiger partial charge on any atom is 1.00 e. The van der Waals surface area contributed by atoms with Crippen LogP contribution in [0, 0.1) is 0 Å². The van der Waals surface area contributed by atoms with E-state index in [9.17, 15) is 26.5 Å². The molecule has 0 saturated carbocycles. The zero-order chi connectivity index (χ0) is 19.8. The molecule has 0 aliphatic heterocycles. The van der Waals surface area contributed by atoms with Gasteiger partial charge >= 0.3 is 59.1 Å². The van der Waals surface area contributed by atoms with E-state index in [1.165, 1.54) is 30.3 Å². The largest absolute Gasteiger partial charge is 1.00 e. The molecule has 0 aromatic heterocycles. The second kappa shape index (κ2) is 9.96. The SMILES string of the molecule is O=S(=O)([O-])c1ccc(N=Nc2cc3ccc(S(=O)(=O)O)cc3cc2[O-])cc1.[Na+].[Na+]. The Bertz CT molecular complexity index is 1280. The summed E-state index contributed by atoms with van der Waals surface area (Å²) in [6.45, 7) is 0.